The van der Waals surface area contributed by atoms with Crippen LogP contribution in [0.5, 0.6) is 0 Å². The summed E-state index contributed by atoms with van der Waals surface area (Å²) in [4.78, 5) is 12.0. The smallest absolute Gasteiger partial charge is 0.414 e. The third kappa shape index (κ3) is 0.781. The fraction of sp³-hybridized carbons (Fsp3) is 0.500. The van der Waals surface area contributed by atoms with Gasteiger partial charge in [-0.2, -0.15) is 0 Å². The van der Waals surface area contributed by atoms with Crippen molar-refractivity contribution in [3.63, 3.8) is 0 Å². The summed E-state index contributed by atoms with van der Waals surface area (Å²) >= 11 is 0. The molecule has 1 unspecified atom stereocenters. The average Bonchev–Trinajstić information content (AvgIpc) is 1.98. The van der Waals surface area contributed by atoms with Gasteiger partial charge in [0.05, 0.1) is 5.70 Å². The Balaban J connectivity index is 2.77. The standard InChI is InChI=1S/C6H9NO2/c1-4-5(2)9-6(8)7(4)3/h5H,1H2,2-3H3. The first-order chi connectivity index (χ1) is 4.13. The number of hydrogen-bond acceptors (Lipinski definition) is 2. The van der Waals surface area contributed by atoms with Crippen molar-refractivity contribution in [3.05, 3.63) is 12.3 Å². The van der Waals surface area contributed by atoms with Gasteiger partial charge in [0.1, 0.15) is 6.10 Å². The van der Waals surface area contributed by atoms with E-state index >= 15 is 0 Å². The van der Waals surface area contributed by atoms with Crippen molar-refractivity contribution >= 4 is 6.09 Å². The maximum atomic E-state index is 10.6. The van der Waals surface area contributed by atoms with Gasteiger partial charge in [0.2, 0.25) is 0 Å². The molecule has 1 aliphatic rings. The summed E-state index contributed by atoms with van der Waals surface area (Å²) in [6, 6.07) is 0. The Labute approximate surface area is 53.9 Å². The summed E-state index contributed by atoms with van der Waals surface area (Å²) < 4.78 is 4.77. The third-order valence-electron chi connectivity index (χ3n) is 1.45. The lowest BCUT2D eigenvalue weighted by Gasteiger charge is -2.03. The molecule has 0 spiro atoms. The molecule has 0 aliphatic carbocycles. The van der Waals surface area contributed by atoms with Gasteiger partial charge < -0.3 is 4.74 Å². The lowest BCUT2D eigenvalue weighted by Crippen LogP contribution is -2.15. The molecule has 50 valence electrons. The van der Waals surface area contributed by atoms with Gasteiger partial charge in [-0.05, 0) is 6.92 Å². The minimum absolute atomic E-state index is 0.150. The molecule has 0 N–H and O–H groups in total. The zero-order valence-corrected chi connectivity index (χ0v) is 5.55. The fourth-order valence-corrected chi connectivity index (χ4v) is 0.688. The Bertz CT molecular complexity index is 164. The third-order valence-corrected chi connectivity index (χ3v) is 1.45. The van der Waals surface area contributed by atoms with Gasteiger partial charge in [0.25, 0.3) is 0 Å². The van der Waals surface area contributed by atoms with Gasteiger partial charge in [0.15, 0.2) is 0 Å². The zero-order chi connectivity index (χ0) is 7.02. The molecule has 1 rings (SSSR count). The average molecular weight is 127 g/mol. The summed E-state index contributed by atoms with van der Waals surface area (Å²) in [5, 5.41) is 0. The quantitative estimate of drug-likeness (QED) is 0.485. The second kappa shape index (κ2) is 1.76. The number of hydrogen-bond donors (Lipinski definition) is 0. The molecular formula is C6H9NO2. The van der Waals surface area contributed by atoms with Crippen LogP contribution in [0.3, 0.4) is 0 Å². The van der Waals surface area contributed by atoms with E-state index in [1.165, 1.54) is 4.90 Å². The molecule has 0 radical (unpaired) electrons. The van der Waals surface area contributed by atoms with Crippen LogP contribution in [0.15, 0.2) is 12.3 Å². The van der Waals surface area contributed by atoms with E-state index in [4.69, 9.17) is 4.74 Å². The van der Waals surface area contributed by atoms with Crippen molar-refractivity contribution < 1.29 is 9.53 Å². The van der Waals surface area contributed by atoms with E-state index in [1.54, 1.807) is 14.0 Å². The maximum absolute atomic E-state index is 10.6. The van der Waals surface area contributed by atoms with Crippen LogP contribution >= 0.6 is 0 Å². The highest BCUT2D eigenvalue weighted by Crippen LogP contribution is 2.17. The van der Waals surface area contributed by atoms with Gasteiger partial charge in [0, 0.05) is 7.05 Å². The minimum atomic E-state index is -0.312. The Hall–Kier alpha value is -0.990. The Kier molecular flexibility index (Phi) is 1.20. The number of amides is 1. The molecule has 1 saturated heterocycles. The van der Waals surface area contributed by atoms with Crippen molar-refractivity contribution in [2.24, 2.45) is 0 Å². The van der Waals surface area contributed by atoms with Crippen LogP contribution in [0.2, 0.25) is 0 Å². The van der Waals surface area contributed by atoms with Gasteiger partial charge in [-0.15, -0.1) is 0 Å². The predicted octanol–water partition coefficient (Wildman–Crippen LogP) is 0.971. The molecule has 0 saturated carbocycles. The SMILES string of the molecule is C=C1C(C)OC(=O)N1C. The highest BCUT2D eigenvalue weighted by Gasteiger charge is 2.28. The number of nitrogens with zero attached hydrogens (tertiary/aromatic N) is 1. The molecule has 3 heteroatoms. The molecule has 3 nitrogen and oxygen atoms in total. The summed E-state index contributed by atoms with van der Waals surface area (Å²) in [6.07, 6.45) is -0.463. The first-order valence-electron chi connectivity index (χ1n) is 2.76. The molecular weight excluding hydrogens is 118 g/mol. The number of carbonyl (C=O) groups excluding carboxylic acids is 1. The monoisotopic (exact) mass is 127 g/mol. The molecule has 0 aromatic heterocycles. The molecule has 0 bridgehead atoms. The summed E-state index contributed by atoms with van der Waals surface area (Å²) in [5.74, 6) is 0. The van der Waals surface area contributed by atoms with Gasteiger partial charge in [-0.1, -0.05) is 6.58 Å². The van der Waals surface area contributed by atoms with Gasteiger partial charge in [-0.3, -0.25) is 4.90 Å². The lowest BCUT2D eigenvalue weighted by atomic mass is 10.3. The van der Waals surface area contributed by atoms with E-state index in [0.29, 0.717) is 0 Å². The van der Waals surface area contributed by atoms with E-state index < -0.39 is 0 Å². The van der Waals surface area contributed by atoms with Crippen LogP contribution in [-0.2, 0) is 4.74 Å². The lowest BCUT2D eigenvalue weighted by molar-refractivity contribution is 0.142. The van der Waals surface area contributed by atoms with Crippen LogP contribution in [0, 0.1) is 0 Å². The van der Waals surface area contributed by atoms with Gasteiger partial charge in [-0.25, -0.2) is 4.79 Å². The maximum Gasteiger partial charge on any atom is 0.414 e. The van der Waals surface area contributed by atoms with E-state index in [9.17, 15) is 4.79 Å². The summed E-state index contributed by atoms with van der Waals surface area (Å²) in [6.45, 7) is 5.44. The van der Waals surface area contributed by atoms with Crippen LogP contribution in [0.1, 0.15) is 6.92 Å². The fourth-order valence-electron chi connectivity index (χ4n) is 0.688. The first-order valence-corrected chi connectivity index (χ1v) is 2.76. The predicted molar refractivity (Wildman–Crippen MR) is 32.8 cm³/mol. The van der Waals surface area contributed by atoms with Crippen LogP contribution in [0.4, 0.5) is 4.79 Å². The Morgan fingerprint density at radius 2 is 2.33 bits per heavy atom. The molecule has 0 aromatic rings. The molecule has 1 fully saturated rings. The molecule has 1 aliphatic heterocycles. The number of ether oxygens (including phenoxy) is 1. The second-order valence-corrected chi connectivity index (χ2v) is 2.08. The first kappa shape index (κ1) is 6.13. The Morgan fingerprint density at radius 1 is 1.78 bits per heavy atom. The topological polar surface area (TPSA) is 29.5 Å². The van der Waals surface area contributed by atoms with Crippen molar-refractivity contribution in [2.45, 2.75) is 13.0 Å². The highest BCUT2D eigenvalue weighted by atomic mass is 16.6. The van der Waals surface area contributed by atoms with Crippen LogP contribution in [0.25, 0.3) is 0 Å². The number of likely N-dealkylation sites (N-methyl/N-ethyl adjacent to an activating group) is 1. The minimum Gasteiger partial charge on any atom is -0.440 e. The largest absolute Gasteiger partial charge is 0.440 e. The second-order valence-electron chi connectivity index (χ2n) is 2.08. The summed E-state index contributed by atoms with van der Waals surface area (Å²) in [5.41, 5.74) is 0.722. The van der Waals surface area contributed by atoms with E-state index in [-0.39, 0.29) is 12.2 Å². The Morgan fingerprint density at radius 3 is 2.44 bits per heavy atom. The summed E-state index contributed by atoms with van der Waals surface area (Å²) in [7, 11) is 1.65. The van der Waals surface area contributed by atoms with E-state index in [0.717, 1.165) is 5.70 Å². The number of cyclic esters (lactones) is 1. The van der Waals surface area contributed by atoms with E-state index in [2.05, 4.69) is 6.58 Å². The molecule has 0 aromatic carbocycles. The molecule has 1 amide bonds. The van der Waals surface area contributed by atoms with Crippen LogP contribution < -0.4 is 0 Å². The van der Waals surface area contributed by atoms with Crippen molar-refractivity contribution in [3.8, 4) is 0 Å². The molecule has 9 heavy (non-hydrogen) atoms. The number of rotatable bonds is 0. The normalized spacial score (nSPS) is 26.9. The van der Waals surface area contributed by atoms with Crippen molar-refractivity contribution in [1.29, 1.82) is 0 Å². The highest BCUT2D eigenvalue weighted by molar-refractivity contribution is 5.72. The van der Waals surface area contributed by atoms with Crippen LogP contribution in [-0.4, -0.2) is 24.1 Å². The van der Waals surface area contributed by atoms with Crippen molar-refractivity contribution in [1.82, 2.24) is 4.90 Å². The number of carbonyl (C=O) groups is 1. The zero-order valence-electron chi connectivity index (χ0n) is 5.55. The van der Waals surface area contributed by atoms with Crippen molar-refractivity contribution in [2.75, 3.05) is 7.05 Å². The molecule has 1 heterocycles. The van der Waals surface area contributed by atoms with E-state index in [1.807, 2.05) is 0 Å². The molecule has 1 atom stereocenters. The van der Waals surface area contributed by atoms with Gasteiger partial charge >= 0.3 is 6.09 Å².